The van der Waals surface area contributed by atoms with Crippen LogP contribution < -0.4 is 10.6 Å². The minimum atomic E-state index is -3.22. The number of thioether (sulfide) groups is 1. The van der Waals surface area contributed by atoms with Crippen molar-refractivity contribution in [3.05, 3.63) is 35.6 Å². The van der Waals surface area contributed by atoms with E-state index in [1.165, 1.54) is 12.1 Å². The molecule has 0 aromatic heterocycles. The van der Waals surface area contributed by atoms with Crippen molar-refractivity contribution in [2.24, 2.45) is 4.99 Å². The van der Waals surface area contributed by atoms with Gasteiger partial charge in [0.15, 0.2) is 5.96 Å². The van der Waals surface area contributed by atoms with E-state index < -0.39 is 10.0 Å². The lowest BCUT2D eigenvalue weighted by Crippen LogP contribution is -2.44. The largest absolute Gasteiger partial charge is 0.356 e. The summed E-state index contributed by atoms with van der Waals surface area (Å²) in [6, 6.07) is 6.37. The Hall–Kier alpha value is -0.590. The first-order chi connectivity index (χ1) is 12.0. The Kier molecular flexibility index (Phi) is 10.8. The van der Waals surface area contributed by atoms with Crippen LogP contribution in [0.2, 0.25) is 0 Å². The minimum Gasteiger partial charge on any atom is -0.356 e. The van der Waals surface area contributed by atoms with Gasteiger partial charge in [0.05, 0.1) is 5.75 Å². The minimum absolute atomic E-state index is 0. The van der Waals surface area contributed by atoms with E-state index in [4.69, 9.17) is 0 Å². The SMILES string of the molecule is CN=C(NCCc1ccc(F)cc1)NCCS(=O)(=O)N1CCSCC1.I. The number of guanidine groups is 1. The summed E-state index contributed by atoms with van der Waals surface area (Å²) >= 11 is 1.78. The maximum Gasteiger partial charge on any atom is 0.215 e. The van der Waals surface area contributed by atoms with Crippen molar-refractivity contribution in [3.63, 3.8) is 0 Å². The first-order valence-corrected chi connectivity index (χ1v) is 11.0. The van der Waals surface area contributed by atoms with Crippen LogP contribution in [0, 0.1) is 5.82 Å². The number of rotatable bonds is 7. The van der Waals surface area contributed by atoms with Gasteiger partial charge in [-0.1, -0.05) is 12.1 Å². The highest BCUT2D eigenvalue weighted by Crippen LogP contribution is 2.12. The van der Waals surface area contributed by atoms with Crippen LogP contribution >= 0.6 is 35.7 Å². The predicted octanol–water partition coefficient (Wildman–Crippen LogP) is 1.53. The zero-order chi connectivity index (χ0) is 18.1. The summed E-state index contributed by atoms with van der Waals surface area (Å²) in [5, 5.41) is 6.16. The highest BCUT2D eigenvalue weighted by Gasteiger charge is 2.23. The van der Waals surface area contributed by atoms with Crippen molar-refractivity contribution in [2.75, 3.05) is 50.5 Å². The number of hydrogen-bond acceptors (Lipinski definition) is 4. The lowest BCUT2D eigenvalue weighted by atomic mass is 10.1. The fraction of sp³-hybridized carbons (Fsp3) is 0.562. The molecule has 2 rings (SSSR count). The molecular weight excluding hydrogens is 490 g/mol. The number of benzene rings is 1. The molecule has 0 bridgehead atoms. The third-order valence-corrected chi connectivity index (χ3v) is 6.67. The lowest BCUT2D eigenvalue weighted by molar-refractivity contribution is 0.443. The summed E-state index contributed by atoms with van der Waals surface area (Å²) in [7, 11) is -1.57. The first-order valence-electron chi connectivity index (χ1n) is 8.26. The molecule has 1 aliphatic rings. The van der Waals surface area contributed by atoms with Crippen LogP contribution in [0.5, 0.6) is 0 Å². The Bertz CT molecular complexity index is 665. The van der Waals surface area contributed by atoms with Gasteiger partial charge in [-0.2, -0.15) is 11.8 Å². The zero-order valence-corrected chi connectivity index (χ0v) is 18.7. The van der Waals surface area contributed by atoms with Crippen LogP contribution in [0.25, 0.3) is 0 Å². The molecule has 1 aliphatic heterocycles. The molecule has 0 amide bonds. The molecule has 10 heteroatoms. The van der Waals surface area contributed by atoms with Gasteiger partial charge >= 0.3 is 0 Å². The van der Waals surface area contributed by atoms with Gasteiger partial charge in [-0.25, -0.2) is 17.1 Å². The molecule has 0 aliphatic carbocycles. The van der Waals surface area contributed by atoms with E-state index in [-0.39, 0.29) is 35.5 Å². The van der Waals surface area contributed by atoms with Crippen LogP contribution in [0.15, 0.2) is 29.3 Å². The van der Waals surface area contributed by atoms with Crippen LogP contribution in [0.4, 0.5) is 4.39 Å². The molecule has 26 heavy (non-hydrogen) atoms. The number of hydrogen-bond donors (Lipinski definition) is 2. The number of nitrogens with one attached hydrogen (secondary N) is 2. The van der Waals surface area contributed by atoms with Gasteiger partial charge in [-0.15, -0.1) is 24.0 Å². The maximum absolute atomic E-state index is 12.9. The third-order valence-electron chi connectivity index (χ3n) is 3.86. The Balaban J connectivity index is 0.00000338. The molecular formula is C16H26FIN4O2S2. The molecule has 1 saturated heterocycles. The number of halogens is 2. The number of sulfonamides is 1. The van der Waals surface area contributed by atoms with Crippen LogP contribution in [-0.2, 0) is 16.4 Å². The molecule has 6 nitrogen and oxygen atoms in total. The highest BCUT2D eigenvalue weighted by atomic mass is 127. The summed E-state index contributed by atoms with van der Waals surface area (Å²) < 4.78 is 39.0. The number of aliphatic imine (C=N–C) groups is 1. The van der Waals surface area contributed by atoms with Gasteiger partial charge in [0.2, 0.25) is 10.0 Å². The fourth-order valence-electron chi connectivity index (χ4n) is 2.45. The van der Waals surface area contributed by atoms with Crippen molar-refractivity contribution >= 4 is 51.7 Å². The summed E-state index contributed by atoms with van der Waals surface area (Å²) in [5.74, 6) is 2.09. The Morgan fingerprint density at radius 2 is 1.81 bits per heavy atom. The summed E-state index contributed by atoms with van der Waals surface area (Å²) in [5.41, 5.74) is 1.02. The van der Waals surface area contributed by atoms with E-state index in [0.717, 1.165) is 23.5 Å². The average molecular weight is 516 g/mol. The van der Waals surface area contributed by atoms with Gasteiger partial charge in [0.1, 0.15) is 5.82 Å². The second-order valence-electron chi connectivity index (χ2n) is 5.63. The van der Waals surface area contributed by atoms with Crippen molar-refractivity contribution in [1.29, 1.82) is 0 Å². The molecule has 0 saturated carbocycles. The normalized spacial score (nSPS) is 16.0. The second-order valence-corrected chi connectivity index (χ2v) is 8.94. The smallest absolute Gasteiger partial charge is 0.215 e. The monoisotopic (exact) mass is 516 g/mol. The van der Waals surface area contributed by atoms with Gasteiger partial charge in [-0.05, 0) is 24.1 Å². The van der Waals surface area contributed by atoms with E-state index in [0.29, 0.717) is 32.1 Å². The molecule has 2 N–H and O–H groups in total. The fourth-order valence-corrected chi connectivity index (χ4v) is 4.94. The van der Waals surface area contributed by atoms with Gasteiger partial charge in [0.25, 0.3) is 0 Å². The Morgan fingerprint density at radius 1 is 1.19 bits per heavy atom. The van der Waals surface area contributed by atoms with Crippen LogP contribution in [-0.4, -0.2) is 69.2 Å². The average Bonchev–Trinajstić information content (AvgIpc) is 2.62. The quantitative estimate of drug-likeness (QED) is 0.327. The van der Waals surface area contributed by atoms with Crippen molar-refractivity contribution < 1.29 is 12.8 Å². The van der Waals surface area contributed by atoms with E-state index in [2.05, 4.69) is 15.6 Å². The molecule has 0 radical (unpaired) electrons. The molecule has 0 unspecified atom stereocenters. The van der Waals surface area contributed by atoms with E-state index >= 15 is 0 Å². The Morgan fingerprint density at radius 3 is 2.42 bits per heavy atom. The third kappa shape index (κ3) is 7.97. The van der Waals surface area contributed by atoms with Crippen molar-refractivity contribution in [1.82, 2.24) is 14.9 Å². The number of nitrogens with zero attached hydrogens (tertiary/aromatic N) is 2. The predicted molar refractivity (Wildman–Crippen MR) is 118 cm³/mol. The topological polar surface area (TPSA) is 73.8 Å². The summed E-state index contributed by atoms with van der Waals surface area (Å²) in [6.07, 6.45) is 0.727. The maximum atomic E-state index is 12.9. The van der Waals surface area contributed by atoms with Crippen molar-refractivity contribution in [3.8, 4) is 0 Å². The van der Waals surface area contributed by atoms with E-state index in [1.54, 1.807) is 35.2 Å². The molecule has 0 atom stereocenters. The molecule has 148 valence electrons. The van der Waals surface area contributed by atoms with Crippen LogP contribution in [0.3, 0.4) is 0 Å². The van der Waals surface area contributed by atoms with Gasteiger partial charge in [0, 0.05) is 44.7 Å². The first kappa shape index (κ1) is 23.4. The molecule has 0 spiro atoms. The molecule has 1 heterocycles. The van der Waals surface area contributed by atoms with Crippen molar-refractivity contribution in [2.45, 2.75) is 6.42 Å². The van der Waals surface area contributed by atoms with Gasteiger partial charge in [-0.3, -0.25) is 4.99 Å². The van der Waals surface area contributed by atoms with E-state index in [9.17, 15) is 12.8 Å². The van der Waals surface area contributed by atoms with E-state index in [1.807, 2.05) is 0 Å². The highest BCUT2D eigenvalue weighted by molar-refractivity contribution is 14.0. The lowest BCUT2D eigenvalue weighted by Gasteiger charge is -2.25. The summed E-state index contributed by atoms with van der Waals surface area (Å²) in [6.45, 7) is 2.12. The van der Waals surface area contributed by atoms with Gasteiger partial charge < -0.3 is 10.6 Å². The standard InChI is InChI=1S/C16H25FN4O2S2.HI/c1-18-16(19-7-6-14-2-4-15(17)5-3-14)20-8-13-25(22,23)21-9-11-24-12-10-21;/h2-5H,6-13H2,1H3,(H2,18,19,20);1H. The molecule has 1 aromatic carbocycles. The molecule has 1 fully saturated rings. The second kappa shape index (κ2) is 12.0. The van der Waals surface area contributed by atoms with Crippen LogP contribution in [0.1, 0.15) is 5.56 Å². The zero-order valence-electron chi connectivity index (χ0n) is 14.8. The summed E-state index contributed by atoms with van der Waals surface area (Å²) in [4.78, 5) is 4.09. The molecule has 1 aromatic rings. The Labute approximate surface area is 176 Å².